The van der Waals surface area contributed by atoms with Gasteiger partial charge in [0.05, 0.1) is 33.1 Å². The van der Waals surface area contributed by atoms with Crippen LogP contribution in [-0.4, -0.2) is 28.5 Å². The molecule has 3 heterocycles. The van der Waals surface area contributed by atoms with Crippen LogP contribution in [0.25, 0.3) is 21.7 Å². The summed E-state index contributed by atoms with van der Waals surface area (Å²) in [5.41, 5.74) is 8.08. The van der Waals surface area contributed by atoms with Gasteiger partial charge in [-0.1, -0.05) is 17.3 Å². The number of aryl methyl sites for hydroxylation is 2. The molecular weight excluding hydrogens is 431 g/mol. The lowest BCUT2D eigenvalue weighted by molar-refractivity contribution is -0.121. The number of thiophene rings is 1. The van der Waals surface area contributed by atoms with Gasteiger partial charge in [-0.2, -0.15) is 0 Å². The highest BCUT2D eigenvalue weighted by atomic mass is 32.1. The number of nitrogens with zero attached hydrogens (tertiary/aromatic N) is 2. The summed E-state index contributed by atoms with van der Waals surface area (Å²) in [5.74, 6) is -1.95. The van der Waals surface area contributed by atoms with Crippen LogP contribution in [0.2, 0.25) is 0 Å². The van der Waals surface area contributed by atoms with Crippen LogP contribution < -0.4 is 11.1 Å². The maximum absolute atomic E-state index is 13.1. The molecule has 0 aliphatic heterocycles. The molecule has 1 aromatic carbocycles. The molecular formula is C23H21FN4O3S. The molecule has 0 spiro atoms. The number of rotatable bonds is 7. The van der Waals surface area contributed by atoms with E-state index in [1.807, 2.05) is 19.1 Å². The van der Waals surface area contributed by atoms with Crippen molar-refractivity contribution in [3.63, 3.8) is 0 Å². The number of benzene rings is 1. The van der Waals surface area contributed by atoms with Crippen LogP contribution in [-0.2, 0) is 11.2 Å². The summed E-state index contributed by atoms with van der Waals surface area (Å²) in [6, 6.07) is 11.4. The third-order valence-electron chi connectivity index (χ3n) is 5.16. The molecule has 164 valence electrons. The average Bonchev–Trinajstić information content (AvgIpc) is 3.37. The minimum Gasteiger partial charge on any atom is -0.369 e. The molecule has 0 aliphatic rings. The van der Waals surface area contributed by atoms with Crippen LogP contribution in [0.3, 0.4) is 0 Å². The Hall–Kier alpha value is -3.59. The predicted molar refractivity (Wildman–Crippen MR) is 120 cm³/mol. The first-order valence-electron chi connectivity index (χ1n) is 9.97. The molecule has 7 nitrogen and oxygen atoms in total. The Bertz CT molecular complexity index is 1300. The van der Waals surface area contributed by atoms with E-state index in [-0.39, 0.29) is 30.4 Å². The predicted octanol–water partition coefficient (Wildman–Crippen LogP) is 3.78. The molecule has 0 radical (unpaired) electrons. The fourth-order valence-corrected chi connectivity index (χ4v) is 4.29. The molecule has 0 saturated heterocycles. The first kappa shape index (κ1) is 21.6. The van der Waals surface area contributed by atoms with Crippen LogP contribution in [0, 0.1) is 25.6 Å². The number of carbonyl (C=O) groups excluding carboxylic acids is 2. The van der Waals surface area contributed by atoms with Gasteiger partial charge < -0.3 is 15.6 Å². The van der Waals surface area contributed by atoms with Gasteiger partial charge in [-0.05, 0) is 56.2 Å². The molecule has 3 N–H and O–H groups in total. The van der Waals surface area contributed by atoms with Gasteiger partial charge in [-0.25, -0.2) is 9.37 Å². The van der Waals surface area contributed by atoms with Gasteiger partial charge in [0.25, 0.3) is 11.6 Å². The van der Waals surface area contributed by atoms with E-state index in [4.69, 9.17) is 10.3 Å². The second kappa shape index (κ2) is 8.88. The van der Waals surface area contributed by atoms with E-state index in [0.29, 0.717) is 22.3 Å². The summed E-state index contributed by atoms with van der Waals surface area (Å²) in [6.45, 7) is 3.76. The minimum atomic E-state index is -0.648. The first-order valence-corrected chi connectivity index (χ1v) is 10.8. The summed E-state index contributed by atoms with van der Waals surface area (Å²) in [4.78, 5) is 31.6. The highest BCUT2D eigenvalue weighted by Crippen LogP contribution is 2.31. The number of hydrogen-bond donors (Lipinski definition) is 2. The number of carbonyl (C=O) groups is 2. The van der Waals surface area contributed by atoms with Gasteiger partial charge in [0.15, 0.2) is 0 Å². The van der Waals surface area contributed by atoms with Gasteiger partial charge in [0.1, 0.15) is 5.82 Å². The lowest BCUT2D eigenvalue weighted by Crippen LogP contribution is -2.37. The monoisotopic (exact) mass is 452 g/mol. The Morgan fingerprint density at radius 2 is 1.94 bits per heavy atom. The second-order valence-corrected chi connectivity index (χ2v) is 8.84. The van der Waals surface area contributed by atoms with E-state index in [1.165, 1.54) is 12.1 Å². The second-order valence-electron chi connectivity index (χ2n) is 7.55. The van der Waals surface area contributed by atoms with Crippen molar-refractivity contribution in [2.24, 2.45) is 11.7 Å². The Balaban J connectivity index is 1.59. The van der Waals surface area contributed by atoms with Crippen molar-refractivity contribution in [1.82, 2.24) is 15.5 Å². The molecule has 4 aromatic rings. The summed E-state index contributed by atoms with van der Waals surface area (Å²) < 4.78 is 18.5. The fraction of sp³-hybridized carbons (Fsp3) is 0.217. The van der Waals surface area contributed by atoms with Crippen LogP contribution in [0.4, 0.5) is 4.39 Å². The van der Waals surface area contributed by atoms with Gasteiger partial charge >= 0.3 is 0 Å². The van der Waals surface area contributed by atoms with Crippen molar-refractivity contribution in [3.8, 4) is 10.6 Å². The molecule has 0 saturated carbocycles. The molecule has 4 rings (SSSR count). The van der Waals surface area contributed by atoms with E-state index < -0.39 is 11.8 Å². The minimum absolute atomic E-state index is 0.0349. The maximum Gasteiger partial charge on any atom is 0.259 e. The van der Waals surface area contributed by atoms with Crippen molar-refractivity contribution in [3.05, 3.63) is 70.0 Å². The molecule has 1 atom stereocenters. The number of aromatic nitrogens is 2. The molecule has 2 amide bonds. The topological polar surface area (TPSA) is 111 Å². The highest BCUT2D eigenvalue weighted by molar-refractivity contribution is 7.15. The maximum atomic E-state index is 13.1. The Morgan fingerprint density at radius 1 is 1.19 bits per heavy atom. The van der Waals surface area contributed by atoms with Gasteiger partial charge in [-0.15, -0.1) is 11.3 Å². The number of nitrogens with two attached hydrogens (primary N) is 1. The first-order chi connectivity index (χ1) is 15.3. The summed E-state index contributed by atoms with van der Waals surface area (Å²) in [5, 5.41) is 7.27. The van der Waals surface area contributed by atoms with Crippen molar-refractivity contribution in [1.29, 1.82) is 0 Å². The number of nitrogens with one attached hydrogen (secondary N) is 1. The SMILES string of the molecule is Cc1ccc(-c2cc(C(=O)NCC(Cc3ccc(F)cc3)C(N)=O)c3c(C)noc3n2)s1. The highest BCUT2D eigenvalue weighted by Gasteiger charge is 2.22. The van der Waals surface area contributed by atoms with Gasteiger partial charge in [0.2, 0.25) is 5.91 Å². The number of pyridine rings is 1. The molecule has 3 aromatic heterocycles. The zero-order chi connectivity index (χ0) is 22.8. The quantitative estimate of drug-likeness (QED) is 0.443. The molecule has 1 unspecified atom stereocenters. The Labute approximate surface area is 187 Å². The van der Waals surface area contributed by atoms with Crippen LogP contribution in [0.15, 0.2) is 47.0 Å². The molecule has 0 bridgehead atoms. The number of primary amides is 1. The van der Waals surface area contributed by atoms with Crippen molar-refractivity contribution < 1.29 is 18.5 Å². The van der Waals surface area contributed by atoms with Crippen molar-refractivity contribution in [2.45, 2.75) is 20.3 Å². The lowest BCUT2D eigenvalue weighted by Gasteiger charge is -2.15. The zero-order valence-corrected chi connectivity index (χ0v) is 18.3. The fourth-order valence-electron chi connectivity index (χ4n) is 3.46. The Kier molecular flexibility index (Phi) is 6.00. The van der Waals surface area contributed by atoms with Crippen molar-refractivity contribution >= 4 is 34.3 Å². The molecule has 9 heteroatoms. The number of hydrogen-bond acceptors (Lipinski definition) is 6. The number of fused-ring (bicyclic) bond motifs is 1. The van der Waals surface area contributed by atoms with Crippen LogP contribution in [0.1, 0.15) is 26.5 Å². The van der Waals surface area contributed by atoms with Crippen molar-refractivity contribution in [2.75, 3.05) is 6.54 Å². The van der Waals surface area contributed by atoms with E-state index >= 15 is 0 Å². The Morgan fingerprint density at radius 3 is 2.59 bits per heavy atom. The van der Waals surface area contributed by atoms with E-state index in [9.17, 15) is 14.0 Å². The molecule has 32 heavy (non-hydrogen) atoms. The molecule has 0 fully saturated rings. The third kappa shape index (κ3) is 4.52. The third-order valence-corrected chi connectivity index (χ3v) is 6.18. The van der Waals surface area contributed by atoms with E-state index in [2.05, 4.69) is 15.5 Å². The van der Waals surface area contributed by atoms with Crippen LogP contribution in [0.5, 0.6) is 0 Å². The normalized spacial score (nSPS) is 12.1. The number of amides is 2. The zero-order valence-electron chi connectivity index (χ0n) is 17.5. The van der Waals surface area contributed by atoms with Gasteiger partial charge in [-0.3, -0.25) is 9.59 Å². The summed E-state index contributed by atoms with van der Waals surface area (Å²) in [6.07, 6.45) is 0.285. The summed E-state index contributed by atoms with van der Waals surface area (Å²) in [7, 11) is 0. The van der Waals surface area contributed by atoms with Crippen LogP contribution >= 0.6 is 11.3 Å². The average molecular weight is 453 g/mol. The van der Waals surface area contributed by atoms with E-state index in [0.717, 1.165) is 15.3 Å². The molecule has 0 aliphatic carbocycles. The standard InChI is InChI=1S/C23H21FN4O3S/c1-12-3-8-19(32-12)18-10-17(20-13(2)28-31-23(20)27-18)22(30)26-11-15(21(25)29)9-14-4-6-16(24)7-5-14/h3-8,10,15H,9,11H2,1-2H3,(H2,25,29)(H,26,30). The number of halogens is 1. The largest absolute Gasteiger partial charge is 0.369 e. The van der Waals surface area contributed by atoms with E-state index in [1.54, 1.807) is 36.5 Å². The summed E-state index contributed by atoms with van der Waals surface area (Å²) >= 11 is 1.56. The lowest BCUT2D eigenvalue weighted by atomic mass is 9.98. The van der Waals surface area contributed by atoms with Gasteiger partial charge in [0, 0.05) is 11.4 Å². The smallest absolute Gasteiger partial charge is 0.259 e.